The van der Waals surface area contributed by atoms with Gasteiger partial charge in [-0.3, -0.25) is 9.12 Å². The monoisotopic (exact) mass is 624 g/mol. The lowest BCUT2D eigenvalue weighted by Crippen LogP contribution is -2.35. The average Bonchev–Trinajstić information content (AvgIpc) is 3.71. The maximum atomic E-state index is 12.3. The van der Waals surface area contributed by atoms with E-state index in [4.69, 9.17) is 9.54 Å². The van der Waals surface area contributed by atoms with E-state index in [2.05, 4.69) is 36.8 Å². The number of para-hydroxylation sites is 2. The number of benzene rings is 1. The van der Waals surface area contributed by atoms with Crippen LogP contribution in [0.1, 0.15) is 67.6 Å². The van der Waals surface area contributed by atoms with Gasteiger partial charge in [0.15, 0.2) is 0 Å². The fourth-order valence-electron chi connectivity index (χ4n) is 6.64. The molecule has 2 aliphatic heterocycles. The molecule has 1 saturated heterocycles. The highest BCUT2D eigenvalue weighted by molar-refractivity contribution is 7.83. The van der Waals surface area contributed by atoms with Crippen molar-refractivity contribution in [1.82, 2.24) is 28.7 Å². The summed E-state index contributed by atoms with van der Waals surface area (Å²) in [6.07, 6.45) is 13.3. The Morgan fingerprint density at radius 2 is 1.81 bits per heavy atom. The normalized spacial score (nSPS) is 18.2. The number of hydrogen-bond acceptors (Lipinski definition) is 6. The van der Waals surface area contributed by atoms with E-state index in [0.29, 0.717) is 0 Å². The van der Waals surface area contributed by atoms with Crippen molar-refractivity contribution in [2.24, 2.45) is 0 Å². The highest BCUT2D eigenvalue weighted by Crippen LogP contribution is 2.38. The second kappa shape index (κ2) is 13.3. The number of nitrogens with zero attached hydrogens (tertiary/aromatic N) is 4. The molecule has 0 bridgehead atoms. The van der Waals surface area contributed by atoms with Gasteiger partial charge in [-0.15, -0.1) is 11.3 Å². The summed E-state index contributed by atoms with van der Waals surface area (Å²) in [6, 6.07) is 10.2. The first-order valence-electron chi connectivity index (χ1n) is 15.3. The zero-order valence-corrected chi connectivity index (χ0v) is 26.0. The van der Waals surface area contributed by atoms with Crippen molar-refractivity contribution in [3.05, 3.63) is 80.4 Å². The van der Waals surface area contributed by atoms with E-state index < -0.39 is 10.3 Å². The topological polar surface area (TPSA) is 125 Å². The zero-order chi connectivity index (χ0) is 29.8. The van der Waals surface area contributed by atoms with Crippen molar-refractivity contribution in [3.8, 4) is 0 Å². The Balaban J connectivity index is 0.000000254. The van der Waals surface area contributed by atoms with Crippen LogP contribution in [0.5, 0.6) is 0 Å². The van der Waals surface area contributed by atoms with Gasteiger partial charge in [-0.25, -0.2) is 9.78 Å². The Hall–Kier alpha value is -3.03. The third-order valence-electron chi connectivity index (χ3n) is 8.81. The van der Waals surface area contributed by atoms with Crippen LogP contribution in [0.15, 0.2) is 58.5 Å². The minimum absolute atomic E-state index is 0.00696. The fraction of sp³-hybridized carbons (Fsp3) is 0.484. The number of likely N-dealkylation sites (tertiary alicyclic amines) is 1. The van der Waals surface area contributed by atoms with Crippen LogP contribution >= 0.6 is 11.3 Å². The number of hydrogen-bond donors (Lipinski definition) is 3. The maximum absolute atomic E-state index is 12.3. The molecule has 0 amide bonds. The SMILES string of the molecule is O=S(=O)(O)NC1CCCCC1.O=c1[nH]c2ccccc2n1CCCN1CCC(=C2c3sccc3CCn3ccnc32)CC1. The number of fused-ring (bicyclic) bond motifs is 3. The molecule has 43 heavy (non-hydrogen) atoms. The van der Waals surface area contributed by atoms with Gasteiger partial charge in [0.05, 0.1) is 11.0 Å². The lowest BCUT2D eigenvalue weighted by atomic mass is 9.95. The molecule has 1 aromatic carbocycles. The number of aromatic amines is 1. The van der Waals surface area contributed by atoms with Crippen molar-refractivity contribution in [2.75, 3.05) is 19.6 Å². The number of piperidine rings is 1. The van der Waals surface area contributed by atoms with E-state index in [1.807, 2.05) is 46.4 Å². The summed E-state index contributed by atoms with van der Waals surface area (Å²) >= 11 is 1.86. The summed E-state index contributed by atoms with van der Waals surface area (Å²) in [5.74, 6) is 1.15. The standard InChI is InChI=1S/C25H27N5OS.C6H13NO3S/c31-25-27-20-4-1-2-5-21(20)30(25)12-3-11-28-13-6-18(7-14-28)22-23-19(9-17-32-23)8-15-29-16-10-26-24(22)29;8-11(9,10)7-6-4-2-1-3-5-6/h1-2,4-5,9-10,16-17H,3,6-8,11-15H2,(H,27,31);6-7H,1-5H2,(H,8,9,10). The van der Waals surface area contributed by atoms with Gasteiger partial charge in [0.25, 0.3) is 0 Å². The van der Waals surface area contributed by atoms with Gasteiger partial charge in [-0.2, -0.15) is 13.1 Å². The lowest BCUT2D eigenvalue weighted by molar-refractivity contribution is 0.249. The predicted molar refractivity (Wildman–Crippen MR) is 171 cm³/mol. The molecule has 0 unspecified atom stereocenters. The van der Waals surface area contributed by atoms with Crippen molar-refractivity contribution < 1.29 is 13.0 Å². The molecule has 0 atom stereocenters. The summed E-state index contributed by atoms with van der Waals surface area (Å²) in [5.41, 5.74) is 6.32. The molecule has 3 aliphatic rings. The predicted octanol–water partition coefficient (Wildman–Crippen LogP) is 4.84. The van der Waals surface area contributed by atoms with E-state index in [1.54, 1.807) is 5.57 Å². The van der Waals surface area contributed by atoms with Crippen LogP contribution in [-0.2, 0) is 29.8 Å². The molecule has 4 aromatic rings. The van der Waals surface area contributed by atoms with Gasteiger partial charge in [0.1, 0.15) is 5.82 Å². The molecule has 7 rings (SSSR count). The molecule has 1 saturated carbocycles. The van der Waals surface area contributed by atoms with Gasteiger partial charge in [0, 0.05) is 55.1 Å². The molecule has 10 nitrogen and oxygen atoms in total. The molecule has 2 fully saturated rings. The molecule has 3 N–H and O–H groups in total. The molecule has 230 valence electrons. The number of aromatic nitrogens is 4. The summed E-state index contributed by atoms with van der Waals surface area (Å²) < 4.78 is 35.5. The van der Waals surface area contributed by atoms with E-state index in [0.717, 1.165) is 101 Å². The van der Waals surface area contributed by atoms with Crippen LogP contribution in [0.4, 0.5) is 0 Å². The van der Waals surface area contributed by atoms with Gasteiger partial charge >= 0.3 is 16.0 Å². The quantitative estimate of drug-likeness (QED) is 0.264. The first-order valence-corrected chi connectivity index (χ1v) is 17.6. The number of aryl methyl sites for hydroxylation is 3. The molecular weight excluding hydrogens is 585 g/mol. The smallest absolute Gasteiger partial charge is 0.331 e. The Kier molecular flexibility index (Phi) is 9.29. The molecule has 12 heteroatoms. The third-order valence-corrected chi connectivity index (χ3v) is 10.4. The van der Waals surface area contributed by atoms with E-state index in [1.165, 1.54) is 22.4 Å². The first kappa shape index (κ1) is 30.0. The van der Waals surface area contributed by atoms with Crippen molar-refractivity contribution in [1.29, 1.82) is 0 Å². The van der Waals surface area contributed by atoms with Crippen molar-refractivity contribution in [3.63, 3.8) is 0 Å². The molecule has 5 heterocycles. The van der Waals surface area contributed by atoms with Crippen LogP contribution in [0.25, 0.3) is 16.6 Å². The minimum Gasteiger partial charge on any atom is -0.331 e. The Labute approximate surface area is 256 Å². The molecule has 3 aromatic heterocycles. The van der Waals surface area contributed by atoms with Crippen molar-refractivity contribution >= 4 is 38.2 Å². The van der Waals surface area contributed by atoms with Gasteiger partial charge in [-0.1, -0.05) is 37.0 Å². The maximum Gasteiger partial charge on any atom is 0.333 e. The Bertz CT molecular complexity index is 1690. The highest BCUT2D eigenvalue weighted by atomic mass is 32.2. The highest BCUT2D eigenvalue weighted by Gasteiger charge is 2.26. The van der Waals surface area contributed by atoms with Gasteiger partial charge in [0.2, 0.25) is 0 Å². The second-order valence-electron chi connectivity index (χ2n) is 11.7. The minimum atomic E-state index is -3.97. The van der Waals surface area contributed by atoms with Crippen LogP contribution in [0.2, 0.25) is 0 Å². The van der Waals surface area contributed by atoms with Crippen LogP contribution in [-0.4, -0.2) is 62.6 Å². The second-order valence-corrected chi connectivity index (χ2v) is 13.8. The van der Waals surface area contributed by atoms with Crippen LogP contribution < -0.4 is 10.4 Å². The largest absolute Gasteiger partial charge is 0.333 e. The number of thiophene rings is 1. The third kappa shape index (κ3) is 7.21. The molecular formula is C31H40N6O4S2. The van der Waals surface area contributed by atoms with Crippen LogP contribution in [0, 0.1) is 0 Å². The Morgan fingerprint density at radius 1 is 1.02 bits per heavy atom. The lowest BCUT2D eigenvalue weighted by Gasteiger charge is -2.29. The van der Waals surface area contributed by atoms with Crippen LogP contribution in [0.3, 0.4) is 0 Å². The van der Waals surface area contributed by atoms with Gasteiger partial charge < -0.3 is 14.5 Å². The molecule has 1 aliphatic carbocycles. The summed E-state index contributed by atoms with van der Waals surface area (Å²) in [5, 5.41) is 2.23. The zero-order valence-electron chi connectivity index (χ0n) is 24.4. The van der Waals surface area contributed by atoms with E-state index in [9.17, 15) is 13.2 Å². The average molecular weight is 625 g/mol. The summed E-state index contributed by atoms with van der Waals surface area (Å²) in [7, 11) is -3.97. The summed E-state index contributed by atoms with van der Waals surface area (Å²) in [4.78, 5) is 24.0. The van der Waals surface area contributed by atoms with E-state index in [-0.39, 0.29) is 11.7 Å². The van der Waals surface area contributed by atoms with Gasteiger partial charge in [-0.05, 0) is 74.2 Å². The number of rotatable bonds is 6. The number of nitrogens with one attached hydrogen (secondary N) is 2. The summed E-state index contributed by atoms with van der Waals surface area (Å²) in [6.45, 7) is 4.93. The number of imidazole rings is 2. The fourth-order valence-corrected chi connectivity index (χ4v) is 8.34. The van der Waals surface area contributed by atoms with Crippen molar-refractivity contribution in [2.45, 2.75) is 76.9 Å². The molecule has 0 radical (unpaired) electrons. The van der Waals surface area contributed by atoms with E-state index >= 15 is 0 Å². The number of H-pyrrole nitrogens is 1. The first-order chi connectivity index (χ1) is 20.9. The molecule has 0 spiro atoms. The Morgan fingerprint density at radius 3 is 2.60 bits per heavy atom.